The lowest BCUT2D eigenvalue weighted by atomic mass is 10.0. The van der Waals surface area contributed by atoms with Crippen LogP contribution in [0.25, 0.3) is 0 Å². The van der Waals surface area contributed by atoms with Crippen LogP contribution >= 0.6 is 0 Å². The van der Waals surface area contributed by atoms with Gasteiger partial charge in [0, 0.05) is 24.9 Å². The number of aliphatic hydroxyl groups excluding tert-OH is 2. The molecule has 0 aliphatic heterocycles. The molecule has 4 nitrogen and oxygen atoms in total. The molecule has 1 heterocycles. The minimum absolute atomic E-state index is 0.0452. The first-order valence-electron chi connectivity index (χ1n) is 6.17. The molecular formula is C15H17NO3. The summed E-state index contributed by atoms with van der Waals surface area (Å²) < 4.78 is 1.69. The highest BCUT2D eigenvalue weighted by Gasteiger charge is 2.14. The summed E-state index contributed by atoms with van der Waals surface area (Å²) in [7, 11) is 0. The van der Waals surface area contributed by atoms with E-state index in [-0.39, 0.29) is 12.0 Å². The van der Waals surface area contributed by atoms with Gasteiger partial charge in [0.05, 0.1) is 12.3 Å². The number of aryl methyl sites for hydroxylation is 1. The van der Waals surface area contributed by atoms with Crippen LogP contribution in [0.1, 0.15) is 22.9 Å². The van der Waals surface area contributed by atoms with Gasteiger partial charge >= 0.3 is 0 Å². The molecule has 0 aliphatic rings. The fraction of sp³-hybridized carbons (Fsp3) is 0.267. The summed E-state index contributed by atoms with van der Waals surface area (Å²) in [6, 6.07) is 10.3. The first-order chi connectivity index (χ1) is 9.11. The third-order valence-corrected chi connectivity index (χ3v) is 3.05. The lowest BCUT2D eigenvalue weighted by Crippen LogP contribution is -2.17. The van der Waals surface area contributed by atoms with Crippen molar-refractivity contribution in [3.05, 3.63) is 69.6 Å². The van der Waals surface area contributed by atoms with Gasteiger partial charge in [-0.05, 0) is 12.5 Å². The maximum atomic E-state index is 11.4. The van der Waals surface area contributed by atoms with Crippen molar-refractivity contribution >= 4 is 0 Å². The van der Waals surface area contributed by atoms with Crippen molar-refractivity contribution in [2.45, 2.75) is 19.6 Å². The number of hydrogen-bond acceptors (Lipinski definition) is 3. The molecule has 0 fully saturated rings. The second kappa shape index (κ2) is 5.82. The average Bonchev–Trinajstić information content (AvgIpc) is 2.41. The molecule has 0 aliphatic carbocycles. The normalized spacial score (nSPS) is 12.4. The Bertz CT molecular complexity index is 602. The van der Waals surface area contributed by atoms with Crippen molar-refractivity contribution in [3.8, 4) is 0 Å². The molecule has 19 heavy (non-hydrogen) atoms. The molecule has 2 rings (SSSR count). The zero-order valence-corrected chi connectivity index (χ0v) is 10.8. The Balaban J connectivity index is 2.42. The van der Waals surface area contributed by atoms with Crippen molar-refractivity contribution < 1.29 is 10.2 Å². The van der Waals surface area contributed by atoms with E-state index in [2.05, 4.69) is 0 Å². The summed E-state index contributed by atoms with van der Waals surface area (Å²) in [5.74, 6) is 0. The van der Waals surface area contributed by atoms with Crippen LogP contribution in [0.5, 0.6) is 0 Å². The van der Waals surface area contributed by atoms with E-state index < -0.39 is 6.10 Å². The molecule has 0 saturated heterocycles. The Morgan fingerprint density at radius 2 is 1.89 bits per heavy atom. The highest BCUT2D eigenvalue weighted by molar-refractivity contribution is 5.28. The Morgan fingerprint density at radius 1 is 1.21 bits per heavy atom. The van der Waals surface area contributed by atoms with Crippen LogP contribution in [0.3, 0.4) is 0 Å². The molecule has 1 atom stereocenters. The van der Waals surface area contributed by atoms with Crippen molar-refractivity contribution in [2.24, 2.45) is 0 Å². The molecule has 0 saturated carbocycles. The van der Waals surface area contributed by atoms with Crippen molar-refractivity contribution in [1.29, 1.82) is 0 Å². The largest absolute Gasteiger partial charge is 0.395 e. The van der Waals surface area contributed by atoms with Crippen LogP contribution in [0.15, 0.2) is 47.4 Å². The molecular weight excluding hydrogens is 242 g/mol. The standard InChI is InChI=1S/C15H17NO3/c1-11-2-4-12(5-3-11)15(19)14-10-13(18)6-7-16(14)8-9-17/h2-7,10,15,17,19H,8-9H2,1H3. The van der Waals surface area contributed by atoms with E-state index >= 15 is 0 Å². The molecule has 0 spiro atoms. The SMILES string of the molecule is Cc1ccc(C(O)c2cc(=O)ccn2CCO)cc1. The Kier molecular flexibility index (Phi) is 4.14. The number of aromatic nitrogens is 1. The van der Waals surface area contributed by atoms with Crippen LogP contribution < -0.4 is 5.43 Å². The highest BCUT2D eigenvalue weighted by atomic mass is 16.3. The molecule has 2 aromatic rings. The number of pyridine rings is 1. The summed E-state index contributed by atoms with van der Waals surface area (Å²) in [6.07, 6.45) is 0.715. The minimum atomic E-state index is -0.874. The van der Waals surface area contributed by atoms with Crippen LogP contribution in [0.2, 0.25) is 0 Å². The zero-order chi connectivity index (χ0) is 13.8. The quantitative estimate of drug-likeness (QED) is 0.868. The van der Waals surface area contributed by atoms with Gasteiger partial charge in [0.1, 0.15) is 6.10 Å². The molecule has 1 unspecified atom stereocenters. The van der Waals surface area contributed by atoms with Gasteiger partial charge in [-0.15, -0.1) is 0 Å². The smallest absolute Gasteiger partial charge is 0.181 e. The second-order valence-corrected chi connectivity index (χ2v) is 4.52. The third-order valence-electron chi connectivity index (χ3n) is 3.05. The van der Waals surface area contributed by atoms with Crippen LogP contribution in [-0.4, -0.2) is 21.4 Å². The molecule has 2 N–H and O–H groups in total. The summed E-state index contributed by atoms with van der Waals surface area (Å²) >= 11 is 0. The molecule has 1 aromatic carbocycles. The second-order valence-electron chi connectivity index (χ2n) is 4.52. The number of aliphatic hydroxyl groups is 2. The lowest BCUT2D eigenvalue weighted by molar-refractivity contribution is 0.202. The third kappa shape index (κ3) is 3.10. The van der Waals surface area contributed by atoms with Gasteiger partial charge in [-0.2, -0.15) is 0 Å². The van der Waals surface area contributed by atoms with Gasteiger partial charge in [0.25, 0.3) is 0 Å². The predicted molar refractivity (Wildman–Crippen MR) is 73.0 cm³/mol. The van der Waals surface area contributed by atoms with Gasteiger partial charge in [0.15, 0.2) is 5.43 Å². The van der Waals surface area contributed by atoms with Crippen molar-refractivity contribution in [3.63, 3.8) is 0 Å². The van der Waals surface area contributed by atoms with Gasteiger partial charge in [0.2, 0.25) is 0 Å². The van der Waals surface area contributed by atoms with Crippen molar-refractivity contribution in [1.82, 2.24) is 4.57 Å². The fourth-order valence-electron chi connectivity index (χ4n) is 1.99. The van der Waals surface area contributed by atoms with Crippen LogP contribution in [0, 0.1) is 6.92 Å². The van der Waals surface area contributed by atoms with E-state index in [9.17, 15) is 9.90 Å². The maximum Gasteiger partial charge on any atom is 0.181 e. The summed E-state index contributed by atoms with van der Waals surface area (Å²) in [5, 5.41) is 19.4. The number of nitrogens with zero attached hydrogens (tertiary/aromatic N) is 1. The predicted octanol–water partition coefficient (Wildman–Crippen LogP) is 1.23. The van der Waals surface area contributed by atoms with Crippen molar-refractivity contribution in [2.75, 3.05) is 6.61 Å². The molecule has 0 bridgehead atoms. The molecule has 100 valence electrons. The first kappa shape index (κ1) is 13.5. The zero-order valence-electron chi connectivity index (χ0n) is 10.8. The van der Waals surface area contributed by atoms with Gasteiger partial charge < -0.3 is 14.8 Å². The Hall–Kier alpha value is -1.91. The maximum absolute atomic E-state index is 11.4. The van der Waals surface area contributed by atoms with E-state index in [1.54, 1.807) is 10.8 Å². The van der Waals surface area contributed by atoms with E-state index in [4.69, 9.17) is 5.11 Å². The minimum Gasteiger partial charge on any atom is -0.395 e. The molecule has 4 heteroatoms. The van der Waals surface area contributed by atoms with Gasteiger partial charge in [-0.1, -0.05) is 29.8 Å². The number of benzene rings is 1. The van der Waals surface area contributed by atoms with E-state index in [1.165, 1.54) is 12.1 Å². The highest BCUT2D eigenvalue weighted by Crippen LogP contribution is 2.21. The van der Waals surface area contributed by atoms with Crippen LogP contribution in [-0.2, 0) is 6.54 Å². The fourth-order valence-corrected chi connectivity index (χ4v) is 1.99. The average molecular weight is 259 g/mol. The molecule has 0 radical (unpaired) electrons. The topological polar surface area (TPSA) is 62.5 Å². The Morgan fingerprint density at radius 3 is 2.53 bits per heavy atom. The molecule has 1 aromatic heterocycles. The van der Waals surface area contributed by atoms with Gasteiger partial charge in [-0.3, -0.25) is 4.79 Å². The first-order valence-corrected chi connectivity index (χ1v) is 6.17. The van der Waals surface area contributed by atoms with E-state index in [0.717, 1.165) is 11.1 Å². The van der Waals surface area contributed by atoms with Crippen LogP contribution in [0.4, 0.5) is 0 Å². The summed E-state index contributed by atoms with van der Waals surface area (Å²) in [6.45, 7) is 2.27. The summed E-state index contributed by atoms with van der Waals surface area (Å²) in [5.41, 5.74) is 2.17. The monoisotopic (exact) mass is 259 g/mol. The summed E-state index contributed by atoms with van der Waals surface area (Å²) in [4.78, 5) is 11.4. The van der Waals surface area contributed by atoms with E-state index in [1.807, 2.05) is 31.2 Å². The van der Waals surface area contributed by atoms with E-state index in [0.29, 0.717) is 12.2 Å². The molecule has 0 amide bonds. The Labute approximate surface area is 111 Å². The number of rotatable bonds is 4. The lowest BCUT2D eigenvalue weighted by Gasteiger charge is -2.17. The van der Waals surface area contributed by atoms with Gasteiger partial charge in [-0.25, -0.2) is 0 Å². The number of hydrogen-bond donors (Lipinski definition) is 2.